The minimum absolute atomic E-state index is 0.113. The number of thiophene rings is 1. The highest BCUT2D eigenvalue weighted by atomic mass is 32.1. The number of ether oxygens (including phenoxy) is 2. The van der Waals surface area contributed by atoms with Gasteiger partial charge in [0.2, 0.25) is 0 Å². The van der Waals surface area contributed by atoms with E-state index in [0.29, 0.717) is 31.0 Å². The molecule has 1 amide bonds. The molecule has 132 valence electrons. The van der Waals surface area contributed by atoms with Crippen molar-refractivity contribution in [1.82, 2.24) is 14.9 Å². The zero-order valence-corrected chi connectivity index (χ0v) is 14.9. The molecule has 2 aromatic rings. The fraction of sp³-hybridized carbons (Fsp3) is 0.500. The first-order chi connectivity index (χ1) is 12.2. The van der Waals surface area contributed by atoms with Gasteiger partial charge in [0.05, 0.1) is 24.9 Å². The van der Waals surface area contributed by atoms with Crippen molar-refractivity contribution < 1.29 is 14.3 Å². The summed E-state index contributed by atoms with van der Waals surface area (Å²) in [6.45, 7) is 4.69. The molecule has 0 aliphatic carbocycles. The molecule has 6 nitrogen and oxygen atoms in total. The molecule has 2 fully saturated rings. The third-order valence-corrected chi connectivity index (χ3v) is 5.67. The van der Waals surface area contributed by atoms with Crippen LogP contribution in [0.1, 0.15) is 22.5 Å². The van der Waals surface area contributed by atoms with Crippen molar-refractivity contribution in [1.29, 1.82) is 0 Å². The van der Waals surface area contributed by atoms with Gasteiger partial charge in [-0.3, -0.25) is 4.79 Å². The summed E-state index contributed by atoms with van der Waals surface area (Å²) >= 11 is 1.55. The number of hydrogen-bond donors (Lipinski definition) is 0. The minimum atomic E-state index is 0.113. The van der Waals surface area contributed by atoms with E-state index in [1.165, 1.54) is 0 Å². The molecule has 2 aromatic heterocycles. The molecule has 2 aliphatic rings. The van der Waals surface area contributed by atoms with Crippen LogP contribution in [-0.2, 0) is 4.74 Å². The highest BCUT2D eigenvalue weighted by molar-refractivity contribution is 7.08. The summed E-state index contributed by atoms with van der Waals surface area (Å²) in [6.07, 6.45) is 2.75. The van der Waals surface area contributed by atoms with E-state index in [1.807, 2.05) is 34.7 Å². The third kappa shape index (κ3) is 3.52. The number of rotatable bonds is 5. The Labute approximate surface area is 150 Å². The lowest BCUT2D eigenvalue weighted by Gasteiger charge is -2.19. The van der Waals surface area contributed by atoms with E-state index in [9.17, 15) is 4.79 Å². The van der Waals surface area contributed by atoms with Gasteiger partial charge in [-0.05, 0) is 36.8 Å². The van der Waals surface area contributed by atoms with Gasteiger partial charge in [0.25, 0.3) is 5.91 Å². The molecule has 0 spiro atoms. The maximum absolute atomic E-state index is 12.5. The summed E-state index contributed by atoms with van der Waals surface area (Å²) in [6, 6.07) is 4.16. The standard InChI is InChI=1S/C18H21N3O3S/c1-12-2-5-19-18(20-12)23-6-3-13-10-24-16-9-21(8-15(13)16)17(22)14-4-7-25-11-14/h2,4-5,7,11,13,15-16H,3,6,8-10H2,1H3/t13-,15-,16-/m1/s1. The van der Waals surface area contributed by atoms with E-state index in [1.54, 1.807) is 17.5 Å². The zero-order chi connectivity index (χ0) is 17.2. The first-order valence-corrected chi connectivity index (χ1v) is 9.50. The Balaban J connectivity index is 1.30. The summed E-state index contributed by atoms with van der Waals surface area (Å²) in [5.74, 6) is 0.919. The van der Waals surface area contributed by atoms with Gasteiger partial charge >= 0.3 is 6.01 Å². The van der Waals surface area contributed by atoms with Crippen molar-refractivity contribution in [2.75, 3.05) is 26.3 Å². The predicted molar refractivity (Wildman–Crippen MR) is 93.8 cm³/mol. The number of fused-ring (bicyclic) bond motifs is 1. The van der Waals surface area contributed by atoms with Crippen LogP contribution in [0, 0.1) is 18.8 Å². The first-order valence-electron chi connectivity index (χ1n) is 8.56. The number of amides is 1. The Morgan fingerprint density at radius 3 is 3.16 bits per heavy atom. The molecule has 4 heterocycles. The van der Waals surface area contributed by atoms with Gasteiger partial charge in [-0.25, -0.2) is 9.97 Å². The molecule has 2 aliphatic heterocycles. The van der Waals surface area contributed by atoms with E-state index in [2.05, 4.69) is 9.97 Å². The Morgan fingerprint density at radius 1 is 1.44 bits per heavy atom. The second kappa shape index (κ2) is 7.09. The molecule has 7 heteroatoms. The van der Waals surface area contributed by atoms with E-state index >= 15 is 0 Å². The summed E-state index contributed by atoms with van der Waals surface area (Å²) in [5, 5.41) is 3.85. The molecule has 0 unspecified atom stereocenters. The van der Waals surface area contributed by atoms with Crippen LogP contribution in [0.2, 0.25) is 0 Å². The number of hydrogen-bond acceptors (Lipinski definition) is 6. The van der Waals surface area contributed by atoms with E-state index in [4.69, 9.17) is 9.47 Å². The molecule has 0 N–H and O–H groups in total. The number of carbonyl (C=O) groups excluding carboxylic acids is 1. The lowest BCUT2D eigenvalue weighted by Crippen LogP contribution is -2.31. The van der Waals surface area contributed by atoms with Gasteiger partial charge in [0.1, 0.15) is 0 Å². The molecule has 0 aromatic carbocycles. The van der Waals surface area contributed by atoms with Crippen molar-refractivity contribution in [3.63, 3.8) is 0 Å². The van der Waals surface area contributed by atoms with Gasteiger partial charge in [-0.1, -0.05) is 0 Å². The number of nitrogens with zero attached hydrogens (tertiary/aromatic N) is 3. The van der Waals surface area contributed by atoms with Crippen LogP contribution in [0.4, 0.5) is 0 Å². The van der Waals surface area contributed by atoms with Crippen molar-refractivity contribution in [3.05, 3.63) is 40.3 Å². The fourth-order valence-electron chi connectivity index (χ4n) is 3.63. The topological polar surface area (TPSA) is 64.6 Å². The van der Waals surface area contributed by atoms with Gasteiger partial charge in [-0.15, -0.1) is 0 Å². The fourth-order valence-corrected chi connectivity index (χ4v) is 4.26. The Bertz CT molecular complexity index is 737. The van der Waals surface area contributed by atoms with Crippen molar-refractivity contribution >= 4 is 17.2 Å². The van der Waals surface area contributed by atoms with Gasteiger partial charge in [0, 0.05) is 36.3 Å². The summed E-state index contributed by atoms with van der Waals surface area (Å²) < 4.78 is 11.6. The summed E-state index contributed by atoms with van der Waals surface area (Å²) in [4.78, 5) is 22.8. The molecule has 0 saturated carbocycles. The maximum Gasteiger partial charge on any atom is 0.316 e. The summed E-state index contributed by atoms with van der Waals surface area (Å²) in [7, 11) is 0. The molecule has 4 rings (SSSR count). The SMILES string of the molecule is Cc1ccnc(OCC[C@@H]2CO[C@@H]3CN(C(=O)c4ccsc4)C[C@H]23)n1. The monoisotopic (exact) mass is 359 g/mol. The quantitative estimate of drug-likeness (QED) is 0.820. The van der Waals surface area contributed by atoms with Crippen LogP contribution in [0.15, 0.2) is 29.1 Å². The predicted octanol–water partition coefficient (Wildman–Crippen LogP) is 2.40. The van der Waals surface area contributed by atoms with E-state index in [0.717, 1.165) is 30.8 Å². The van der Waals surface area contributed by atoms with Crippen LogP contribution in [0.5, 0.6) is 6.01 Å². The van der Waals surface area contributed by atoms with Crippen LogP contribution in [0.25, 0.3) is 0 Å². The smallest absolute Gasteiger partial charge is 0.316 e. The Kier molecular flexibility index (Phi) is 4.67. The van der Waals surface area contributed by atoms with Gasteiger partial charge in [-0.2, -0.15) is 11.3 Å². The lowest BCUT2D eigenvalue weighted by atomic mass is 9.91. The molecule has 2 saturated heterocycles. The largest absolute Gasteiger partial charge is 0.463 e. The van der Waals surface area contributed by atoms with E-state index in [-0.39, 0.29) is 12.0 Å². The van der Waals surface area contributed by atoms with E-state index < -0.39 is 0 Å². The molecular formula is C18H21N3O3S. The minimum Gasteiger partial charge on any atom is -0.463 e. The normalized spacial score (nSPS) is 25.2. The lowest BCUT2D eigenvalue weighted by molar-refractivity contribution is 0.0672. The van der Waals surface area contributed by atoms with Gasteiger partial charge < -0.3 is 14.4 Å². The molecule has 3 atom stereocenters. The van der Waals surface area contributed by atoms with Crippen LogP contribution < -0.4 is 4.74 Å². The second-order valence-electron chi connectivity index (χ2n) is 6.64. The van der Waals surface area contributed by atoms with Crippen molar-refractivity contribution in [2.24, 2.45) is 11.8 Å². The molecular weight excluding hydrogens is 338 g/mol. The highest BCUT2D eigenvalue weighted by Crippen LogP contribution is 2.36. The molecule has 25 heavy (non-hydrogen) atoms. The van der Waals surface area contributed by atoms with Crippen LogP contribution in [-0.4, -0.2) is 53.2 Å². The highest BCUT2D eigenvalue weighted by Gasteiger charge is 2.45. The first kappa shape index (κ1) is 16.5. The van der Waals surface area contributed by atoms with Crippen LogP contribution >= 0.6 is 11.3 Å². The molecule has 0 radical (unpaired) electrons. The maximum atomic E-state index is 12.5. The third-order valence-electron chi connectivity index (χ3n) is 4.99. The van der Waals surface area contributed by atoms with Gasteiger partial charge in [0.15, 0.2) is 0 Å². The van der Waals surface area contributed by atoms with Crippen molar-refractivity contribution in [3.8, 4) is 6.01 Å². The number of aryl methyl sites for hydroxylation is 1. The number of likely N-dealkylation sites (tertiary alicyclic amines) is 1. The number of carbonyl (C=O) groups is 1. The average molecular weight is 359 g/mol. The zero-order valence-electron chi connectivity index (χ0n) is 14.1. The summed E-state index contributed by atoms with van der Waals surface area (Å²) in [5.41, 5.74) is 1.68. The Morgan fingerprint density at radius 2 is 2.36 bits per heavy atom. The second-order valence-corrected chi connectivity index (χ2v) is 7.42. The van der Waals surface area contributed by atoms with Crippen molar-refractivity contribution in [2.45, 2.75) is 19.4 Å². The Hall–Kier alpha value is -1.99. The van der Waals surface area contributed by atoms with Crippen LogP contribution in [0.3, 0.4) is 0 Å². The molecule has 0 bridgehead atoms. The number of aromatic nitrogens is 2. The average Bonchev–Trinajstić information content (AvgIpc) is 3.32.